The highest BCUT2D eigenvalue weighted by Gasteiger charge is 2.16. The van der Waals surface area contributed by atoms with E-state index < -0.39 is 10.8 Å². The van der Waals surface area contributed by atoms with Gasteiger partial charge in [0.15, 0.2) is 0 Å². The van der Waals surface area contributed by atoms with Crippen molar-refractivity contribution in [2.24, 2.45) is 5.73 Å². The zero-order chi connectivity index (χ0) is 15.2. The first-order chi connectivity index (χ1) is 10.1. The Hall–Kier alpha value is -2.15. The number of hydrogen-bond donors (Lipinski definition) is 2. The van der Waals surface area contributed by atoms with Gasteiger partial charge in [-0.15, -0.1) is 0 Å². The summed E-state index contributed by atoms with van der Waals surface area (Å²) >= 11 is 0. The SMILES string of the molecule is NC(=O)c1ccc(NCCN2CCCCC2)c([N+](=O)[O-])c1. The van der Waals surface area contributed by atoms with Crippen LogP contribution in [0.4, 0.5) is 11.4 Å². The average molecular weight is 292 g/mol. The van der Waals surface area contributed by atoms with Crippen LogP contribution in [-0.2, 0) is 0 Å². The first-order valence-corrected chi connectivity index (χ1v) is 7.12. The van der Waals surface area contributed by atoms with Crippen molar-refractivity contribution in [1.29, 1.82) is 0 Å². The van der Waals surface area contributed by atoms with Crippen molar-refractivity contribution >= 4 is 17.3 Å². The van der Waals surface area contributed by atoms with E-state index in [0.29, 0.717) is 12.2 Å². The van der Waals surface area contributed by atoms with Crippen LogP contribution in [0.25, 0.3) is 0 Å². The molecule has 0 saturated carbocycles. The molecule has 3 N–H and O–H groups in total. The highest BCUT2D eigenvalue weighted by Crippen LogP contribution is 2.25. The Bertz CT molecular complexity index is 527. The molecular formula is C14H20N4O3. The molecule has 1 amide bonds. The number of nitrogens with two attached hydrogens (primary N) is 1. The van der Waals surface area contributed by atoms with Gasteiger partial charge in [0.1, 0.15) is 5.69 Å². The molecule has 1 heterocycles. The summed E-state index contributed by atoms with van der Waals surface area (Å²) in [6.07, 6.45) is 3.71. The topological polar surface area (TPSA) is 102 Å². The third kappa shape index (κ3) is 4.16. The molecule has 1 aliphatic heterocycles. The van der Waals surface area contributed by atoms with E-state index >= 15 is 0 Å². The van der Waals surface area contributed by atoms with Crippen LogP contribution < -0.4 is 11.1 Å². The summed E-state index contributed by atoms with van der Waals surface area (Å²) in [7, 11) is 0. The summed E-state index contributed by atoms with van der Waals surface area (Å²) in [5, 5.41) is 14.1. The Labute approximate surface area is 123 Å². The van der Waals surface area contributed by atoms with Gasteiger partial charge in [0, 0.05) is 24.7 Å². The Morgan fingerprint density at radius 1 is 1.33 bits per heavy atom. The summed E-state index contributed by atoms with van der Waals surface area (Å²) < 4.78 is 0. The molecule has 1 saturated heterocycles. The number of likely N-dealkylation sites (tertiary alicyclic amines) is 1. The lowest BCUT2D eigenvalue weighted by atomic mass is 10.1. The molecular weight excluding hydrogens is 272 g/mol. The standard InChI is InChI=1S/C14H20N4O3/c15-14(19)11-4-5-12(13(10-11)18(20)21)16-6-9-17-7-2-1-3-8-17/h4-5,10,16H,1-3,6-9H2,(H2,15,19). The molecule has 0 radical (unpaired) electrons. The Kier molecular flexibility index (Phi) is 5.10. The molecule has 1 aromatic rings. The Morgan fingerprint density at radius 3 is 2.67 bits per heavy atom. The van der Waals surface area contributed by atoms with E-state index in [4.69, 9.17) is 5.73 Å². The summed E-state index contributed by atoms with van der Waals surface area (Å²) in [6.45, 7) is 3.67. The molecule has 114 valence electrons. The predicted octanol–water partition coefficient (Wildman–Crippen LogP) is 1.59. The van der Waals surface area contributed by atoms with E-state index in [-0.39, 0.29) is 11.3 Å². The van der Waals surface area contributed by atoms with Crippen molar-refractivity contribution in [2.45, 2.75) is 19.3 Å². The molecule has 1 aromatic carbocycles. The molecule has 1 aliphatic rings. The lowest BCUT2D eigenvalue weighted by molar-refractivity contribution is -0.384. The third-order valence-corrected chi connectivity index (χ3v) is 3.67. The number of primary amides is 1. The number of rotatable bonds is 6. The van der Waals surface area contributed by atoms with Crippen molar-refractivity contribution in [3.8, 4) is 0 Å². The molecule has 0 spiro atoms. The maximum absolute atomic E-state index is 11.1. The maximum atomic E-state index is 11.1. The number of benzene rings is 1. The second-order valence-electron chi connectivity index (χ2n) is 5.18. The molecule has 0 aromatic heterocycles. The molecule has 2 rings (SSSR count). The number of hydrogen-bond acceptors (Lipinski definition) is 5. The highest BCUT2D eigenvalue weighted by molar-refractivity contribution is 5.94. The van der Waals surface area contributed by atoms with E-state index in [1.54, 1.807) is 0 Å². The van der Waals surface area contributed by atoms with Gasteiger partial charge in [-0.2, -0.15) is 0 Å². The Balaban J connectivity index is 1.98. The van der Waals surface area contributed by atoms with E-state index in [1.165, 1.54) is 37.5 Å². The minimum Gasteiger partial charge on any atom is -0.378 e. The predicted molar refractivity (Wildman–Crippen MR) is 80.4 cm³/mol. The molecule has 0 aliphatic carbocycles. The largest absolute Gasteiger partial charge is 0.378 e. The molecule has 0 atom stereocenters. The zero-order valence-electron chi connectivity index (χ0n) is 11.9. The maximum Gasteiger partial charge on any atom is 0.293 e. The number of carbonyl (C=O) groups is 1. The molecule has 7 heteroatoms. The first-order valence-electron chi connectivity index (χ1n) is 7.12. The smallest absolute Gasteiger partial charge is 0.293 e. The van der Waals surface area contributed by atoms with E-state index in [1.807, 2.05) is 0 Å². The number of nitrogens with one attached hydrogen (secondary N) is 1. The minimum absolute atomic E-state index is 0.120. The second kappa shape index (κ2) is 7.03. The van der Waals surface area contributed by atoms with Gasteiger partial charge in [-0.1, -0.05) is 6.42 Å². The van der Waals surface area contributed by atoms with Crippen LogP contribution >= 0.6 is 0 Å². The minimum atomic E-state index is -0.669. The number of anilines is 1. The lowest BCUT2D eigenvalue weighted by Crippen LogP contribution is -2.33. The number of nitro groups is 1. The van der Waals surface area contributed by atoms with Crippen LogP contribution in [-0.4, -0.2) is 41.9 Å². The third-order valence-electron chi connectivity index (χ3n) is 3.67. The van der Waals surface area contributed by atoms with Gasteiger partial charge in [0.2, 0.25) is 5.91 Å². The number of piperidine rings is 1. The van der Waals surface area contributed by atoms with Gasteiger partial charge in [-0.05, 0) is 38.1 Å². The van der Waals surface area contributed by atoms with Gasteiger partial charge < -0.3 is 16.0 Å². The van der Waals surface area contributed by atoms with Gasteiger partial charge >= 0.3 is 0 Å². The van der Waals surface area contributed by atoms with Crippen molar-refractivity contribution in [1.82, 2.24) is 4.90 Å². The normalized spacial score (nSPS) is 15.6. The fraction of sp³-hybridized carbons (Fsp3) is 0.500. The zero-order valence-corrected chi connectivity index (χ0v) is 11.9. The van der Waals surface area contributed by atoms with Crippen molar-refractivity contribution in [2.75, 3.05) is 31.5 Å². The highest BCUT2D eigenvalue weighted by atomic mass is 16.6. The fourth-order valence-corrected chi connectivity index (χ4v) is 2.52. The van der Waals surface area contributed by atoms with Crippen molar-refractivity contribution in [3.05, 3.63) is 33.9 Å². The van der Waals surface area contributed by atoms with Gasteiger partial charge in [0.05, 0.1) is 4.92 Å². The van der Waals surface area contributed by atoms with Crippen LogP contribution in [0.5, 0.6) is 0 Å². The summed E-state index contributed by atoms with van der Waals surface area (Å²) in [6, 6.07) is 4.25. The van der Waals surface area contributed by atoms with Crippen LogP contribution in [0, 0.1) is 10.1 Å². The summed E-state index contributed by atoms with van der Waals surface area (Å²) in [5.74, 6) is -0.669. The lowest BCUT2D eigenvalue weighted by Gasteiger charge is -2.26. The quantitative estimate of drug-likeness (QED) is 0.612. The molecule has 0 bridgehead atoms. The molecule has 0 unspecified atom stereocenters. The van der Waals surface area contributed by atoms with E-state index in [2.05, 4.69) is 10.2 Å². The summed E-state index contributed by atoms with van der Waals surface area (Å²) in [4.78, 5) is 24.0. The van der Waals surface area contributed by atoms with Gasteiger partial charge in [-0.3, -0.25) is 14.9 Å². The van der Waals surface area contributed by atoms with Crippen LogP contribution in [0.15, 0.2) is 18.2 Å². The average Bonchev–Trinajstić information content (AvgIpc) is 2.48. The molecule has 7 nitrogen and oxygen atoms in total. The number of amides is 1. The van der Waals surface area contributed by atoms with Crippen LogP contribution in [0.1, 0.15) is 29.6 Å². The second-order valence-corrected chi connectivity index (χ2v) is 5.18. The molecule has 1 fully saturated rings. The Morgan fingerprint density at radius 2 is 2.05 bits per heavy atom. The van der Waals surface area contributed by atoms with Crippen LogP contribution in [0.2, 0.25) is 0 Å². The van der Waals surface area contributed by atoms with Crippen molar-refractivity contribution in [3.63, 3.8) is 0 Å². The summed E-state index contributed by atoms with van der Waals surface area (Å²) in [5.41, 5.74) is 5.58. The fourth-order valence-electron chi connectivity index (χ4n) is 2.52. The molecule has 21 heavy (non-hydrogen) atoms. The number of nitro benzene ring substituents is 1. The van der Waals surface area contributed by atoms with Gasteiger partial charge in [0.25, 0.3) is 5.69 Å². The number of nitrogens with zero attached hydrogens (tertiary/aromatic N) is 2. The van der Waals surface area contributed by atoms with Crippen molar-refractivity contribution < 1.29 is 9.72 Å². The first kappa shape index (κ1) is 15.2. The van der Waals surface area contributed by atoms with E-state index in [0.717, 1.165) is 19.6 Å². The monoisotopic (exact) mass is 292 g/mol. The van der Waals surface area contributed by atoms with Crippen LogP contribution in [0.3, 0.4) is 0 Å². The van der Waals surface area contributed by atoms with E-state index in [9.17, 15) is 14.9 Å². The van der Waals surface area contributed by atoms with Gasteiger partial charge in [-0.25, -0.2) is 0 Å². The number of carbonyl (C=O) groups excluding carboxylic acids is 1.